The molecule has 0 fully saturated rings. The summed E-state index contributed by atoms with van der Waals surface area (Å²) in [5, 5.41) is 9.96. The second kappa shape index (κ2) is 7.53. The Kier molecular flexibility index (Phi) is 4.99. The Labute approximate surface area is 149 Å². The van der Waals surface area contributed by atoms with Crippen LogP contribution in [0, 0.1) is 17.1 Å². The first-order chi connectivity index (χ1) is 12.6. The molecule has 2 aromatic carbocycles. The maximum atomic E-state index is 12.9. The SMILES string of the molecule is N#C/C(=C/c1cn(CCOc2ccc(F)cc2)c2ccccc12)C(N)=O. The van der Waals surface area contributed by atoms with Crippen LogP contribution in [-0.4, -0.2) is 17.1 Å². The van der Waals surface area contributed by atoms with E-state index < -0.39 is 5.91 Å². The highest BCUT2D eigenvalue weighted by Gasteiger charge is 2.10. The van der Waals surface area contributed by atoms with Gasteiger partial charge >= 0.3 is 0 Å². The monoisotopic (exact) mass is 349 g/mol. The number of hydrogen-bond donors (Lipinski definition) is 1. The van der Waals surface area contributed by atoms with Gasteiger partial charge in [-0.25, -0.2) is 4.39 Å². The third-order valence-electron chi connectivity index (χ3n) is 3.92. The van der Waals surface area contributed by atoms with Crippen LogP contribution in [-0.2, 0) is 11.3 Å². The van der Waals surface area contributed by atoms with Crippen LogP contribution in [0.5, 0.6) is 5.75 Å². The van der Waals surface area contributed by atoms with E-state index in [1.807, 2.05) is 41.1 Å². The third kappa shape index (κ3) is 3.73. The number of benzene rings is 2. The number of nitriles is 1. The lowest BCUT2D eigenvalue weighted by atomic mass is 10.1. The molecule has 2 N–H and O–H groups in total. The summed E-state index contributed by atoms with van der Waals surface area (Å²) in [5.41, 5.74) is 6.80. The average molecular weight is 349 g/mol. The van der Waals surface area contributed by atoms with E-state index in [2.05, 4.69) is 0 Å². The van der Waals surface area contributed by atoms with Crippen molar-refractivity contribution in [2.24, 2.45) is 5.73 Å². The van der Waals surface area contributed by atoms with Crippen molar-refractivity contribution < 1.29 is 13.9 Å². The lowest BCUT2D eigenvalue weighted by molar-refractivity contribution is -0.114. The molecule has 26 heavy (non-hydrogen) atoms. The first-order valence-corrected chi connectivity index (χ1v) is 7.96. The Bertz CT molecular complexity index is 1010. The van der Waals surface area contributed by atoms with Gasteiger partial charge in [-0.15, -0.1) is 0 Å². The van der Waals surface area contributed by atoms with Gasteiger partial charge in [0.1, 0.15) is 29.8 Å². The minimum Gasteiger partial charge on any atom is -0.492 e. The molecular weight excluding hydrogens is 333 g/mol. The second-order valence-electron chi connectivity index (χ2n) is 5.63. The van der Waals surface area contributed by atoms with Gasteiger partial charge in [0.15, 0.2) is 0 Å². The fourth-order valence-electron chi connectivity index (χ4n) is 2.68. The quantitative estimate of drug-likeness (QED) is 0.548. The summed E-state index contributed by atoms with van der Waals surface area (Å²) in [6.45, 7) is 0.929. The zero-order chi connectivity index (χ0) is 18.5. The van der Waals surface area contributed by atoms with Gasteiger partial charge in [-0.2, -0.15) is 5.26 Å². The number of para-hydroxylation sites is 1. The van der Waals surface area contributed by atoms with Crippen molar-refractivity contribution >= 4 is 22.9 Å². The van der Waals surface area contributed by atoms with E-state index in [1.165, 1.54) is 18.2 Å². The number of ether oxygens (including phenoxy) is 1. The average Bonchev–Trinajstić information content (AvgIpc) is 2.99. The predicted octanol–water partition coefficient (Wildman–Crippen LogP) is 3.25. The van der Waals surface area contributed by atoms with Crippen LogP contribution in [0.15, 0.2) is 60.3 Å². The number of hydrogen-bond acceptors (Lipinski definition) is 3. The molecule has 0 spiro atoms. The number of nitrogens with zero attached hydrogens (tertiary/aromatic N) is 2. The summed E-state index contributed by atoms with van der Waals surface area (Å²) in [4.78, 5) is 11.3. The molecule has 0 aliphatic carbocycles. The van der Waals surface area contributed by atoms with Gasteiger partial charge < -0.3 is 15.0 Å². The Hall–Kier alpha value is -3.59. The number of aromatic nitrogens is 1. The first-order valence-electron chi connectivity index (χ1n) is 7.96. The van der Waals surface area contributed by atoms with Crippen LogP contribution in [0.2, 0.25) is 0 Å². The molecule has 0 aliphatic heterocycles. The number of nitrogens with two attached hydrogens (primary N) is 1. The van der Waals surface area contributed by atoms with Gasteiger partial charge in [0.05, 0.1) is 6.54 Å². The molecule has 0 unspecified atom stereocenters. The van der Waals surface area contributed by atoms with Crippen molar-refractivity contribution in [3.05, 3.63) is 71.7 Å². The summed E-state index contributed by atoms with van der Waals surface area (Å²) in [5.74, 6) is -0.486. The van der Waals surface area contributed by atoms with E-state index in [0.717, 1.165) is 16.5 Å². The van der Waals surface area contributed by atoms with Crippen molar-refractivity contribution in [3.8, 4) is 11.8 Å². The van der Waals surface area contributed by atoms with Crippen molar-refractivity contribution in [2.75, 3.05) is 6.61 Å². The van der Waals surface area contributed by atoms with Crippen LogP contribution >= 0.6 is 0 Å². The van der Waals surface area contributed by atoms with E-state index in [9.17, 15) is 9.18 Å². The van der Waals surface area contributed by atoms with Crippen LogP contribution < -0.4 is 10.5 Å². The number of amides is 1. The molecule has 0 aliphatic rings. The van der Waals surface area contributed by atoms with E-state index in [4.69, 9.17) is 15.7 Å². The zero-order valence-corrected chi connectivity index (χ0v) is 13.9. The highest BCUT2D eigenvalue weighted by Crippen LogP contribution is 2.23. The van der Waals surface area contributed by atoms with Gasteiger partial charge in [0.2, 0.25) is 0 Å². The highest BCUT2D eigenvalue weighted by atomic mass is 19.1. The second-order valence-corrected chi connectivity index (χ2v) is 5.63. The number of halogens is 1. The molecule has 0 saturated carbocycles. The molecule has 0 atom stereocenters. The summed E-state index contributed by atoms with van der Waals surface area (Å²) in [6, 6.07) is 15.3. The van der Waals surface area contributed by atoms with Crippen molar-refractivity contribution in [1.29, 1.82) is 5.26 Å². The molecule has 0 saturated heterocycles. The third-order valence-corrected chi connectivity index (χ3v) is 3.92. The molecule has 5 nitrogen and oxygen atoms in total. The molecule has 3 aromatic rings. The Morgan fingerprint density at radius 1 is 1.23 bits per heavy atom. The molecular formula is C20H16FN3O2. The van der Waals surface area contributed by atoms with E-state index in [0.29, 0.717) is 18.9 Å². The maximum absolute atomic E-state index is 12.9. The van der Waals surface area contributed by atoms with Crippen LogP contribution in [0.4, 0.5) is 4.39 Å². The van der Waals surface area contributed by atoms with Crippen LogP contribution in [0.1, 0.15) is 5.56 Å². The zero-order valence-electron chi connectivity index (χ0n) is 13.9. The number of fused-ring (bicyclic) bond motifs is 1. The van der Waals surface area contributed by atoms with E-state index >= 15 is 0 Å². The Morgan fingerprint density at radius 2 is 1.96 bits per heavy atom. The summed E-state index contributed by atoms with van der Waals surface area (Å²) < 4.78 is 20.5. The minimum absolute atomic E-state index is 0.101. The molecule has 1 heterocycles. The largest absolute Gasteiger partial charge is 0.492 e. The maximum Gasteiger partial charge on any atom is 0.259 e. The number of carbonyl (C=O) groups excluding carboxylic acids is 1. The van der Waals surface area contributed by atoms with Crippen molar-refractivity contribution in [3.63, 3.8) is 0 Å². The highest BCUT2D eigenvalue weighted by molar-refractivity contribution is 6.03. The molecule has 1 amide bonds. The van der Waals surface area contributed by atoms with Crippen LogP contribution in [0.3, 0.4) is 0 Å². The number of primary amides is 1. The van der Waals surface area contributed by atoms with E-state index in [1.54, 1.807) is 12.1 Å². The van der Waals surface area contributed by atoms with Crippen molar-refractivity contribution in [1.82, 2.24) is 4.57 Å². The summed E-state index contributed by atoms with van der Waals surface area (Å²) >= 11 is 0. The smallest absolute Gasteiger partial charge is 0.259 e. The molecule has 6 heteroatoms. The van der Waals surface area contributed by atoms with Crippen molar-refractivity contribution in [2.45, 2.75) is 6.54 Å². The molecule has 3 rings (SSSR count). The molecule has 1 aromatic heterocycles. The van der Waals surface area contributed by atoms with Gasteiger partial charge in [0.25, 0.3) is 5.91 Å². The lowest BCUT2D eigenvalue weighted by Crippen LogP contribution is -2.12. The molecule has 0 radical (unpaired) electrons. The van der Waals surface area contributed by atoms with E-state index in [-0.39, 0.29) is 11.4 Å². The fourth-order valence-corrected chi connectivity index (χ4v) is 2.68. The predicted molar refractivity (Wildman–Crippen MR) is 96.6 cm³/mol. The standard InChI is InChI=1S/C20H16FN3O2/c21-16-5-7-17(8-6-16)26-10-9-24-13-15(11-14(12-22)20(23)25)18-3-1-2-4-19(18)24/h1-8,11,13H,9-10H2,(H2,23,25)/b14-11-. The summed E-state index contributed by atoms with van der Waals surface area (Å²) in [6.07, 6.45) is 3.33. The van der Waals surface area contributed by atoms with Gasteiger partial charge in [-0.1, -0.05) is 18.2 Å². The minimum atomic E-state index is -0.760. The number of rotatable bonds is 6. The first kappa shape index (κ1) is 17.2. The lowest BCUT2D eigenvalue weighted by Gasteiger charge is -2.08. The fraction of sp³-hybridized carbons (Fsp3) is 0.100. The number of carbonyl (C=O) groups is 1. The van der Waals surface area contributed by atoms with Crippen LogP contribution in [0.25, 0.3) is 17.0 Å². The topological polar surface area (TPSA) is 81.0 Å². The van der Waals surface area contributed by atoms with Gasteiger partial charge in [0, 0.05) is 22.7 Å². The van der Waals surface area contributed by atoms with Gasteiger partial charge in [-0.05, 0) is 36.4 Å². The normalized spacial score (nSPS) is 11.3. The molecule has 130 valence electrons. The Balaban J connectivity index is 1.84. The van der Waals surface area contributed by atoms with Gasteiger partial charge in [-0.3, -0.25) is 4.79 Å². The molecule has 0 bridgehead atoms. The summed E-state index contributed by atoms with van der Waals surface area (Å²) in [7, 11) is 0. The Morgan fingerprint density at radius 3 is 2.65 bits per heavy atom.